The maximum absolute atomic E-state index is 12.3. The Hall–Kier alpha value is -2.41. The predicted octanol–water partition coefficient (Wildman–Crippen LogP) is 4.39. The van der Waals surface area contributed by atoms with Gasteiger partial charge in [0.05, 0.1) is 10.8 Å². The van der Waals surface area contributed by atoms with Crippen molar-refractivity contribution in [3.63, 3.8) is 0 Å². The molecule has 2 aromatic rings. The Kier molecular flexibility index (Phi) is 5.74. The molecule has 0 spiro atoms. The van der Waals surface area contributed by atoms with E-state index in [4.69, 9.17) is 4.52 Å². The van der Waals surface area contributed by atoms with E-state index in [2.05, 4.69) is 36.1 Å². The van der Waals surface area contributed by atoms with Gasteiger partial charge in [-0.3, -0.25) is 14.5 Å². The molecule has 0 aliphatic carbocycles. The molecule has 148 valence electrons. The molecule has 0 unspecified atom stereocenters. The van der Waals surface area contributed by atoms with Crippen LogP contribution in [-0.4, -0.2) is 32.5 Å². The van der Waals surface area contributed by atoms with Crippen LogP contribution in [0.3, 0.4) is 0 Å². The summed E-state index contributed by atoms with van der Waals surface area (Å²) in [5, 5.41) is 4.67. The molecule has 1 aliphatic rings. The van der Waals surface area contributed by atoms with Gasteiger partial charge in [-0.1, -0.05) is 75.8 Å². The van der Waals surface area contributed by atoms with E-state index >= 15 is 0 Å². The molecule has 1 aromatic heterocycles. The SMILES string of the molecule is CC(C)c1ccc(-c2noc(CN3C(=O)CS/C3=C\C(=O)C(C)(C)C)n2)cc1. The van der Waals surface area contributed by atoms with Gasteiger partial charge in [-0.25, -0.2) is 0 Å². The summed E-state index contributed by atoms with van der Waals surface area (Å²) < 4.78 is 5.35. The highest BCUT2D eigenvalue weighted by atomic mass is 32.2. The van der Waals surface area contributed by atoms with Gasteiger partial charge in [-0.05, 0) is 11.5 Å². The number of hydrogen-bond acceptors (Lipinski definition) is 6. The number of nitrogens with zero attached hydrogens (tertiary/aromatic N) is 3. The van der Waals surface area contributed by atoms with Gasteiger partial charge in [0, 0.05) is 17.1 Å². The first-order chi connectivity index (χ1) is 13.1. The number of hydrogen-bond donors (Lipinski definition) is 0. The van der Waals surface area contributed by atoms with Gasteiger partial charge in [0.2, 0.25) is 17.6 Å². The maximum atomic E-state index is 12.3. The molecular weight excluding hydrogens is 374 g/mol. The van der Waals surface area contributed by atoms with Gasteiger partial charge in [0.15, 0.2) is 5.78 Å². The molecule has 1 fully saturated rings. The molecule has 7 heteroatoms. The number of rotatable bonds is 5. The molecule has 1 amide bonds. The first-order valence-corrected chi connectivity index (χ1v) is 10.3. The monoisotopic (exact) mass is 399 g/mol. The molecule has 3 rings (SSSR count). The van der Waals surface area contributed by atoms with E-state index in [-0.39, 0.29) is 18.2 Å². The lowest BCUT2D eigenvalue weighted by atomic mass is 9.91. The molecule has 0 radical (unpaired) electrons. The van der Waals surface area contributed by atoms with Crippen LogP contribution in [0.5, 0.6) is 0 Å². The average molecular weight is 400 g/mol. The number of aromatic nitrogens is 2. The van der Waals surface area contributed by atoms with Crippen LogP contribution in [-0.2, 0) is 16.1 Å². The van der Waals surface area contributed by atoms with E-state index in [1.807, 2.05) is 32.9 Å². The summed E-state index contributed by atoms with van der Waals surface area (Å²) in [5.41, 5.74) is 1.61. The minimum absolute atomic E-state index is 0.0221. The molecule has 1 aliphatic heterocycles. The number of carbonyl (C=O) groups excluding carboxylic acids is 2. The summed E-state index contributed by atoms with van der Waals surface area (Å²) in [6.07, 6.45) is 1.54. The molecule has 6 nitrogen and oxygen atoms in total. The third kappa shape index (κ3) is 4.52. The second-order valence-corrected chi connectivity index (χ2v) is 9.15. The van der Waals surface area contributed by atoms with Gasteiger partial charge in [0.1, 0.15) is 6.54 Å². The van der Waals surface area contributed by atoms with E-state index in [1.54, 1.807) is 0 Å². The van der Waals surface area contributed by atoms with Crippen molar-refractivity contribution in [2.75, 3.05) is 5.75 Å². The summed E-state index contributed by atoms with van der Waals surface area (Å²) in [5.74, 6) is 1.49. The van der Waals surface area contributed by atoms with Crippen LogP contribution in [0.25, 0.3) is 11.4 Å². The number of benzene rings is 1. The minimum Gasteiger partial charge on any atom is -0.337 e. The van der Waals surface area contributed by atoms with Gasteiger partial charge in [0.25, 0.3) is 0 Å². The molecular formula is C21H25N3O3S. The summed E-state index contributed by atoms with van der Waals surface area (Å²) in [6, 6.07) is 8.04. The van der Waals surface area contributed by atoms with Crippen molar-refractivity contribution in [3.8, 4) is 11.4 Å². The van der Waals surface area contributed by atoms with Gasteiger partial charge in [-0.15, -0.1) is 0 Å². The lowest BCUT2D eigenvalue weighted by Crippen LogP contribution is -2.26. The number of thioether (sulfide) groups is 1. The molecule has 0 N–H and O–H groups in total. The molecule has 0 bridgehead atoms. The highest BCUT2D eigenvalue weighted by molar-refractivity contribution is 8.04. The zero-order chi connectivity index (χ0) is 20.5. The Balaban J connectivity index is 1.77. The summed E-state index contributed by atoms with van der Waals surface area (Å²) in [6.45, 7) is 10.0. The fourth-order valence-electron chi connectivity index (χ4n) is 2.62. The van der Waals surface area contributed by atoms with E-state index in [0.717, 1.165) is 5.56 Å². The highest BCUT2D eigenvalue weighted by Gasteiger charge is 2.30. The van der Waals surface area contributed by atoms with Crippen LogP contribution < -0.4 is 0 Å². The summed E-state index contributed by atoms with van der Waals surface area (Å²) in [7, 11) is 0. The smallest absolute Gasteiger partial charge is 0.247 e. The second kappa shape index (κ2) is 7.91. The average Bonchev–Trinajstić information content (AvgIpc) is 3.23. The van der Waals surface area contributed by atoms with Crippen molar-refractivity contribution in [1.82, 2.24) is 15.0 Å². The number of ketones is 1. The minimum atomic E-state index is -0.495. The lowest BCUT2D eigenvalue weighted by Gasteiger charge is -2.17. The van der Waals surface area contributed by atoms with Crippen LogP contribution in [0.15, 0.2) is 39.9 Å². The highest BCUT2D eigenvalue weighted by Crippen LogP contribution is 2.32. The van der Waals surface area contributed by atoms with E-state index in [9.17, 15) is 9.59 Å². The quantitative estimate of drug-likeness (QED) is 0.694. The van der Waals surface area contributed by atoms with Crippen molar-refractivity contribution < 1.29 is 14.1 Å². The molecule has 0 saturated carbocycles. The predicted molar refractivity (Wildman–Crippen MR) is 109 cm³/mol. The molecule has 1 saturated heterocycles. The molecule has 1 aromatic carbocycles. The normalized spacial score (nSPS) is 16.4. The number of amides is 1. The maximum Gasteiger partial charge on any atom is 0.247 e. The Morgan fingerprint density at radius 3 is 2.57 bits per heavy atom. The summed E-state index contributed by atoms with van der Waals surface area (Å²) >= 11 is 1.36. The largest absolute Gasteiger partial charge is 0.337 e. The summed E-state index contributed by atoms with van der Waals surface area (Å²) in [4.78, 5) is 30.5. The number of allylic oxidation sites excluding steroid dienone is 1. The first kappa shape index (κ1) is 20.3. The van der Waals surface area contributed by atoms with E-state index in [1.165, 1.54) is 28.3 Å². The van der Waals surface area contributed by atoms with Crippen molar-refractivity contribution in [3.05, 3.63) is 46.8 Å². The third-order valence-corrected chi connectivity index (χ3v) is 5.53. The fraction of sp³-hybridized carbons (Fsp3) is 0.429. The first-order valence-electron chi connectivity index (χ1n) is 9.27. The zero-order valence-corrected chi connectivity index (χ0v) is 17.7. The van der Waals surface area contributed by atoms with Gasteiger partial charge < -0.3 is 4.52 Å². The van der Waals surface area contributed by atoms with Crippen LogP contribution in [0.4, 0.5) is 0 Å². The van der Waals surface area contributed by atoms with Crippen molar-refractivity contribution in [2.24, 2.45) is 5.41 Å². The Morgan fingerprint density at radius 2 is 1.96 bits per heavy atom. The van der Waals surface area contributed by atoms with Crippen LogP contribution in [0, 0.1) is 5.41 Å². The molecule has 2 heterocycles. The van der Waals surface area contributed by atoms with Gasteiger partial charge in [-0.2, -0.15) is 4.98 Å². The van der Waals surface area contributed by atoms with Crippen LogP contribution in [0.2, 0.25) is 0 Å². The Bertz CT molecular complexity index is 908. The van der Waals surface area contributed by atoms with Crippen molar-refractivity contribution >= 4 is 23.5 Å². The van der Waals surface area contributed by atoms with Crippen molar-refractivity contribution in [2.45, 2.75) is 47.1 Å². The Morgan fingerprint density at radius 1 is 1.29 bits per heavy atom. The van der Waals surface area contributed by atoms with Crippen molar-refractivity contribution in [1.29, 1.82) is 0 Å². The molecule has 28 heavy (non-hydrogen) atoms. The Labute approximate surface area is 169 Å². The van der Waals surface area contributed by atoms with Crippen LogP contribution in [0.1, 0.15) is 52.0 Å². The lowest BCUT2D eigenvalue weighted by molar-refractivity contribution is -0.126. The van der Waals surface area contributed by atoms with Crippen LogP contribution >= 0.6 is 11.8 Å². The second-order valence-electron chi connectivity index (χ2n) is 8.15. The van der Waals surface area contributed by atoms with Gasteiger partial charge >= 0.3 is 0 Å². The van der Waals surface area contributed by atoms with E-state index < -0.39 is 5.41 Å². The standard InChI is InChI=1S/C21H25N3O3S/c1-13(2)14-6-8-15(9-7-14)20-22-17(27-23-20)11-24-18(26)12-28-19(24)10-16(25)21(3,4)5/h6-10,13H,11-12H2,1-5H3/b19-10-. The zero-order valence-electron chi connectivity index (χ0n) is 16.9. The van der Waals surface area contributed by atoms with E-state index in [0.29, 0.717) is 28.4 Å². The molecule has 0 atom stereocenters. The fourth-order valence-corrected chi connectivity index (χ4v) is 3.56. The topological polar surface area (TPSA) is 76.3 Å². The third-order valence-electron chi connectivity index (χ3n) is 4.50. The number of carbonyl (C=O) groups is 2.